The Hall–Kier alpha value is -4.12. The molecule has 0 aromatic heterocycles. The number of esters is 1. The van der Waals surface area contributed by atoms with Gasteiger partial charge in [-0.05, 0) is 47.7 Å². The summed E-state index contributed by atoms with van der Waals surface area (Å²) in [5, 5.41) is 5.51. The van der Waals surface area contributed by atoms with E-state index >= 15 is 0 Å². The van der Waals surface area contributed by atoms with Gasteiger partial charge in [0, 0.05) is 18.3 Å². The van der Waals surface area contributed by atoms with Crippen LogP contribution in [0.1, 0.15) is 30.5 Å². The average Bonchev–Trinajstić information content (AvgIpc) is 3.56. The number of hydrogen-bond donors (Lipinski definition) is 1. The molecule has 0 saturated carbocycles. The van der Waals surface area contributed by atoms with E-state index in [0.29, 0.717) is 51.7 Å². The van der Waals surface area contributed by atoms with Crippen LogP contribution in [0.2, 0.25) is 0 Å². The lowest BCUT2D eigenvalue weighted by Crippen LogP contribution is -2.38. The fraction of sp³-hybridized carbons (Fsp3) is 0.296. The van der Waals surface area contributed by atoms with Crippen molar-refractivity contribution in [1.82, 2.24) is 10.2 Å². The van der Waals surface area contributed by atoms with E-state index in [1.807, 2.05) is 40.6 Å². The van der Waals surface area contributed by atoms with Gasteiger partial charge in [-0.2, -0.15) is 0 Å². The first-order chi connectivity index (χ1) is 18.4. The Bertz CT molecular complexity index is 1360. The van der Waals surface area contributed by atoms with Crippen LogP contribution in [0.3, 0.4) is 0 Å². The highest BCUT2D eigenvalue weighted by Gasteiger charge is 2.41. The van der Waals surface area contributed by atoms with Crippen LogP contribution < -0.4 is 24.3 Å². The molecule has 1 amide bonds. The number of carbonyl (C=O) groups is 2. The van der Waals surface area contributed by atoms with E-state index in [2.05, 4.69) is 10.3 Å². The number of allylic oxidation sites excluding steroid dienone is 1. The largest absolute Gasteiger partial charge is 0.497 e. The van der Waals surface area contributed by atoms with E-state index in [1.165, 1.54) is 18.9 Å². The Labute approximate surface area is 224 Å². The molecule has 0 unspecified atom stereocenters. The summed E-state index contributed by atoms with van der Waals surface area (Å²) < 4.78 is 26.9. The van der Waals surface area contributed by atoms with Crippen LogP contribution in [0.5, 0.6) is 23.0 Å². The lowest BCUT2D eigenvalue weighted by atomic mass is 9.93. The summed E-state index contributed by atoms with van der Waals surface area (Å²) in [6.45, 7) is 2.30. The Kier molecular flexibility index (Phi) is 7.19. The molecule has 0 fully saturated rings. The van der Waals surface area contributed by atoms with Crippen molar-refractivity contribution >= 4 is 28.8 Å². The number of carbonyl (C=O) groups excluding carboxylic acids is 2. The van der Waals surface area contributed by atoms with Gasteiger partial charge in [0.25, 0.3) is 0 Å². The molecule has 0 saturated heterocycles. The summed E-state index contributed by atoms with van der Waals surface area (Å²) in [4.78, 5) is 32.6. The quantitative estimate of drug-likeness (QED) is 0.502. The lowest BCUT2D eigenvalue weighted by Gasteiger charge is -2.36. The van der Waals surface area contributed by atoms with Gasteiger partial charge in [0.05, 0.1) is 45.1 Å². The number of benzene rings is 2. The number of thioether (sulfide) groups is 1. The minimum atomic E-state index is -0.596. The Balaban J connectivity index is 1.41. The molecule has 3 aliphatic rings. The van der Waals surface area contributed by atoms with Crippen molar-refractivity contribution in [3.05, 3.63) is 69.9 Å². The van der Waals surface area contributed by atoms with Gasteiger partial charge in [0.15, 0.2) is 16.7 Å². The molecular formula is C27H27N3O7S. The maximum Gasteiger partial charge on any atom is 0.338 e. The standard InChI is InChI=1S/C27H27N3O7S/c1-15-24(26(32)35-4)25(17-8-19(33-2)11-20(9-17)34-3)30-18(13-38-27(30)29-15)10-23(31)28-12-16-5-6-21-22(7-16)37-14-36-21/h5-9,11,13,25H,10,12,14H2,1-4H3,(H,28,31)/t25-/m1/s1. The minimum absolute atomic E-state index is 0.0850. The number of ether oxygens (including phenoxy) is 5. The van der Waals surface area contributed by atoms with Crippen LogP contribution in [0.15, 0.2) is 63.8 Å². The number of fused-ring (bicyclic) bond motifs is 2. The molecule has 5 rings (SSSR count). The van der Waals surface area contributed by atoms with Gasteiger partial charge < -0.3 is 33.9 Å². The summed E-state index contributed by atoms with van der Waals surface area (Å²) >= 11 is 1.40. The monoisotopic (exact) mass is 537 g/mol. The van der Waals surface area contributed by atoms with Crippen molar-refractivity contribution in [3.8, 4) is 23.0 Å². The predicted octanol–water partition coefficient (Wildman–Crippen LogP) is 3.89. The topological polar surface area (TPSA) is 108 Å². The fourth-order valence-electron chi connectivity index (χ4n) is 4.52. The molecule has 0 bridgehead atoms. The van der Waals surface area contributed by atoms with Crippen molar-refractivity contribution in [3.63, 3.8) is 0 Å². The molecule has 3 aliphatic heterocycles. The number of nitrogens with one attached hydrogen (secondary N) is 1. The number of amidine groups is 1. The van der Waals surface area contributed by atoms with Crippen molar-refractivity contribution in [2.75, 3.05) is 28.1 Å². The van der Waals surface area contributed by atoms with Crippen molar-refractivity contribution in [2.45, 2.75) is 25.9 Å². The zero-order valence-electron chi connectivity index (χ0n) is 21.4. The Morgan fingerprint density at radius 3 is 2.53 bits per heavy atom. The van der Waals surface area contributed by atoms with Crippen LogP contribution in [-0.2, 0) is 20.9 Å². The predicted molar refractivity (Wildman–Crippen MR) is 141 cm³/mol. The van der Waals surface area contributed by atoms with Gasteiger partial charge in [-0.15, -0.1) is 0 Å². The van der Waals surface area contributed by atoms with Crippen molar-refractivity contribution in [1.29, 1.82) is 0 Å². The molecule has 1 atom stereocenters. The van der Waals surface area contributed by atoms with Crippen molar-refractivity contribution < 1.29 is 33.3 Å². The van der Waals surface area contributed by atoms with E-state index in [1.54, 1.807) is 27.2 Å². The van der Waals surface area contributed by atoms with E-state index < -0.39 is 12.0 Å². The number of methoxy groups -OCH3 is 3. The smallest absolute Gasteiger partial charge is 0.338 e. The summed E-state index contributed by atoms with van der Waals surface area (Å²) in [7, 11) is 4.47. The molecule has 0 radical (unpaired) electrons. The third-order valence-corrected chi connectivity index (χ3v) is 7.25. The van der Waals surface area contributed by atoms with Crippen LogP contribution >= 0.6 is 11.8 Å². The van der Waals surface area contributed by atoms with E-state index in [-0.39, 0.29) is 19.1 Å². The molecule has 3 heterocycles. The Morgan fingerprint density at radius 1 is 1.08 bits per heavy atom. The van der Waals surface area contributed by atoms with Crippen LogP contribution in [0, 0.1) is 0 Å². The third kappa shape index (κ3) is 4.89. The molecule has 2 aromatic rings. The maximum absolute atomic E-state index is 13.0. The van der Waals surface area contributed by atoms with Gasteiger partial charge in [-0.3, -0.25) is 4.79 Å². The fourth-order valence-corrected chi connectivity index (χ4v) is 5.49. The van der Waals surface area contributed by atoms with E-state index in [9.17, 15) is 9.59 Å². The number of amides is 1. The Morgan fingerprint density at radius 2 is 1.82 bits per heavy atom. The van der Waals surface area contributed by atoms with Gasteiger partial charge in [-0.1, -0.05) is 17.8 Å². The van der Waals surface area contributed by atoms with Crippen molar-refractivity contribution in [2.24, 2.45) is 4.99 Å². The molecule has 10 nitrogen and oxygen atoms in total. The lowest BCUT2D eigenvalue weighted by molar-refractivity contribution is -0.136. The van der Waals surface area contributed by atoms with Crippen LogP contribution in [0.25, 0.3) is 0 Å². The summed E-state index contributed by atoms with van der Waals surface area (Å²) in [6, 6.07) is 10.4. The van der Waals surface area contributed by atoms with Gasteiger partial charge >= 0.3 is 5.97 Å². The maximum atomic E-state index is 13.0. The molecule has 198 valence electrons. The zero-order chi connectivity index (χ0) is 26.8. The first kappa shape index (κ1) is 25.5. The number of nitrogens with zero attached hydrogens (tertiary/aromatic N) is 2. The highest BCUT2D eigenvalue weighted by Crippen LogP contribution is 2.46. The molecular weight excluding hydrogens is 510 g/mol. The molecule has 0 spiro atoms. The zero-order valence-corrected chi connectivity index (χ0v) is 22.2. The van der Waals surface area contributed by atoms with E-state index in [4.69, 9.17) is 23.7 Å². The summed E-state index contributed by atoms with van der Waals surface area (Å²) in [5.41, 5.74) is 3.26. The van der Waals surface area contributed by atoms with Crippen LogP contribution in [-0.4, -0.2) is 50.1 Å². The molecule has 0 aliphatic carbocycles. The number of aliphatic imine (C=N–C) groups is 1. The van der Waals surface area contributed by atoms with E-state index in [0.717, 1.165) is 11.1 Å². The number of hydrogen-bond acceptors (Lipinski definition) is 10. The average molecular weight is 538 g/mol. The first-order valence-corrected chi connectivity index (χ1v) is 12.7. The summed E-state index contributed by atoms with van der Waals surface area (Å²) in [5.74, 6) is 1.82. The molecule has 38 heavy (non-hydrogen) atoms. The molecule has 1 N–H and O–H groups in total. The molecule has 2 aromatic carbocycles. The highest BCUT2D eigenvalue weighted by atomic mass is 32.2. The second-order valence-corrected chi connectivity index (χ2v) is 9.51. The first-order valence-electron chi connectivity index (χ1n) is 11.8. The van der Waals surface area contributed by atoms with Crippen LogP contribution in [0.4, 0.5) is 0 Å². The van der Waals surface area contributed by atoms with Gasteiger partial charge in [-0.25, -0.2) is 9.79 Å². The molecule has 11 heteroatoms. The highest BCUT2D eigenvalue weighted by molar-refractivity contribution is 8.16. The second kappa shape index (κ2) is 10.7. The summed E-state index contributed by atoms with van der Waals surface area (Å²) in [6.07, 6.45) is 0.0850. The minimum Gasteiger partial charge on any atom is -0.497 e. The SMILES string of the molecule is COC(=O)C1=C(C)N=C2SC=C(CC(=O)NCc3ccc4c(c3)OCO4)N2[C@@H]1c1cc(OC)cc(OC)c1. The van der Waals surface area contributed by atoms with Gasteiger partial charge in [0.2, 0.25) is 12.7 Å². The second-order valence-electron chi connectivity index (χ2n) is 8.67. The number of rotatable bonds is 8. The van der Waals surface area contributed by atoms with Gasteiger partial charge in [0.1, 0.15) is 11.5 Å². The third-order valence-electron chi connectivity index (χ3n) is 6.36. The normalized spacial score (nSPS) is 17.5.